The lowest BCUT2D eigenvalue weighted by Crippen LogP contribution is -2.37. The maximum atomic E-state index is 12.5. The van der Waals surface area contributed by atoms with Crippen LogP contribution in [0, 0.1) is 5.41 Å². The van der Waals surface area contributed by atoms with Gasteiger partial charge in [0.2, 0.25) is 5.28 Å². The van der Waals surface area contributed by atoms with Crippen LogP contribution in [0.2, 0.25) is 10.3 Å². The molecule has 0 aromatic carbocycles. The molecule has 25 heavy (non-hydrogen) atoms. The number of hydrogen-bond acceptors (Lipinski definition) is 5. The van der Waals surface area contributed by atoms with Gasteiger partial charge in [-0.2, -0.15) is 4.98 Å². The molecule has 1 saturated carbocycles. The van der Waals surface area contributed by atoms with E-state index in [0.717, 1.165) is 12.8 Å². The van der Waals surface area contributed by atoms with Gasteiger partial charge >= 0.3 is 6.09 Å². The van der Waals surface area contributed by atoms with Crippen molar-refractivity contribution in [2.75, 3.05) is 18.4 Å². The summed E-state index contributed by atoms with van der Waals surface area (Å²) < 4.78 is 5.55. The molecule has 1 saturated heterocycles. The fraction of sp³-hybridized carbons (Fsp3) is 0.706. The largest absolute Gasteiger partial charge is 0.444 e. The van der Waals surface area contributed by atoms with Crippen molar-refractivity contribution < 1.29 is 9.53 Å². The SMILES string of the molecule is CC(C)(C)OC(=O)N1CC(Nc2nc(Cl)ncc2Cl)C2(CCCC2)C1. The van der Waals surface area contributed by atoms with E-state index in [1.54, 1.807) is 4.90 Å². The Hall–Kier alpha value is -1.27. The van der Waals surface area contributed by atoms with E-state index in [1.165, 1.54) is 19.0 Å². The second-order valence-corrected chi connectivity index (χ2v) is 8.71. The Balaban J connectivity index is 1.79. The van der Waals surface area contributed by atoms with Crippen LogP contribution in [0.15, 0.2) is 6.20 Å². The number of likely N-dealkylation sites (tertiary alicyclic amines) is 1. The summed E-state index contributed by atoms with van der Waals surface area (Å²) in [4.78, 5) is 22.4. The summed E-state index contributed by atoms with van der Waals surface area (Å²) in [6, 6.07) is 0.0611. The Morgan fingerprint density at radius 3 is 2.68 bits per heavy atom. The van der Waals surface area contributed by atoms with Gasteiger partial charge in [0.05, 0.1) is 12.2 Å². The Bertz CT molecular complexity index is 657. The van der Waals surface area contributed by atoms with Gasteiger partial charge in [-0.1, -0.05) is 24.4 Å². The van der Waals surface area contributed by atoms with Crippen molar-refractivity contribution in [2.24, 2.45) is 5.41 Å². The molecule has 0 radical (unpaired) electrons. The maximum Gasteiger partial charge on any atom is 0.410 e. The van der Waals surface area contributed by atoms with Crippen LogP contribution in [-0.4, -0.2) is 45.7 Å². The predicted molar refractivity (Wildman–Crippen MR) is 98.2 cm³/mol. The van der Waals surface area contributed by atoms with Crippen molar-refractivity contribution in [3.05, 3.63) is 16.5 Å². The molecule has 2 aliphatic rings. The highest BCUT2D eigenvalue weighted by Crippen LogP contribution is 2.47. The summed E-state index contributed by atoms with van der Waals surface area (Å²) >= 11 is 12.1. The number of ether oxygens (including phenoxy) is 1. The normalized spacial score (nSPS) is 22.4. The van der Waals surface area contributed by atoms with Crippen LogP contribution in [0.5, 0.6) is 0 Å². The van der Waals surface area contributed by atoms with E-state index in [4.69, 9.17) is 27.9 Å². The number of nitrogens with one attached hydrogen (secondary N) is 1. The molecule has 6 nitrogen and oxygen atoms in total. The minimum atomic E-state index is -0.505. The summed E-state index contributed by atoms with van der Waals surface area (Å²) in [5.74, 6) is 0.518. The van der Waals surface area contributed by atoms with Crippen LogP contribution < -0.4 is 5.32 Å². The van der Waals surface area contributed by atoms with Crippen LogP contribution in [-0.2, 0) is 4.74 Å². The summed E-state index contributed by atoms with van der Waals surface area (Å²) in [7, 11) is 0. The lowest BCUT2D eigenvalue weighted by molar-refractivity contribution is 0.0273. The molecule has 1 spiro atoms. The minimum Gasteiger partial charge on any atom is -0.444 e. The Morgan fingerprint density at radius 1 is 1.36 bits per heavy atom. The molecule has 0 bridgehead atoms. The Labute approximate surface area is 158 Å². The van der Waals surface area contributed by atoms with E-state index in [9.17, 15) is 4.79 Å². The predicted octanol–water partition coefficient (Wildman–Crippen LogP) is 4.38. The fourth-order valence-electron chi connectivity index (χ4n) is 3.83. The highest BCUT2D eigenvalue weighted by Gasteiger charge is 2.50. The van der Waals surface area contributed by atoms with Gasteiger partial charge in [0.1, 0.15) is 16.4 Å². The molecular formula is C17H24Cl2N4O2. The van der Waals surface area contributed by atoms with E-state index in [2.05, 4.69) is 15.3 Å². The number of amides is 1. The zero-order valence-electron chi connectivity index (χ0n) is 14.8. The first-order valence-corrected chi connectivity index (χ1v) is 9.37. The lowest BCUT2D eigenvalue weighted by Gasteiger charge is -2.30. The molecule has 1 amide bonds. The minimum absolute atomic E-state index is 0.0255. The molecule has 2 fully saturated rings. The van der Waals surface area contributed by atoms with Gasteiger partial charge in [-0.25, -0.2) is 9.78 Å². The zero-order valence-corrected chi connectivity index (χ0v) is 16.3. The molecule has 1 aliphatic carbocycles. The molecule has 1 aliphatic heterocycles. The third-order valence-corrected chi connectivity index (χ3v) is 5.38. The molecular weight excluding hydrogens is 363 g/mol. The molecule has 1 aromatic rings. The van der Waals surface area contributed by atoms with E-state index < -0.39 is 5.60 Å². The topological polar surface area (TPSA) is 67.3 Å². The molecule has 1 aromatic heterocycles. The number of anilines is 1. The van der Waals surface area contributed by atoms with Crippen LogP contribution in [0.1, 0.15) is 46.5 Å². The molecule has 1 N–H and O–H groups in total. The molecule has 3 rings (SSSR count). The van der Waals surface area contributed by atoms with E-state index in [1.807, 2.05) is 20.8 Å². The monoisotopic (exact) mass is 386 g/mol. The van der Waals surface area contributed by atoms with E-state index in [0.29, 0.717) is 23.9 Å². The van der Waals surface area contributed by atoms with Crippen molar-refractivity contribution in [2.45, 2.75) is 58.1 Å². The first-order chi connectivity index (χ1) is 11.7. The number of hydrogen-bond donors (Lipinski definition) is 1. The molecule has 1 atom stereocenters. The quantitative estimate of drug-likeness (QED) is 0.763. The number of rotatable bonds is 2. The Kier molecular flexibility index (Phi) is 5.04. The number of carbonyl (C=O) groups excluding carboxylic acids is 1. The van der Waals surface area contributed by atoms with Gasteiger partial charge < -0.3 is 15.0 Å². The van der Waals surface area contributed by atoms with Crippen molar-refractivity contribution in [1.82, 2.24) is 14.9 Å². The van der Waals surface area contributed by atoms with Crippen molar-refractivity contribution >= 4 is 35.1 Å². The van der Waals surface area contributed by atoms with Crippen LogP contribution >= 0.6 is 23.2 Å². The summed E-state index contributed by atoms with van der Waals surface area (Å²) in [5, 5.41) is 3.99. The standard InChI is InChI=1S/C17H24Cl2N4O2/c1-16(2,3)25-15(24)23-9-12(17(10-23)6-4-5-7-17)21-13-11(18)8-20-14(19)22-13/h8,12H,4-7,9-10H2,1-3H3,(H,20,21,22). The third-order valence-electron chi connectivity index (χ3n) is 4.92. The van der Waals surface area contributed by atoms with Gasteiger partial charge in [-0.15, -0.1) is 0 Å². The van der Waals surface area contributed by atoms with Crippen molar-refractivity contribution in [1.29, 1.82) is 0 Å². The number of nitrogens with zero attached hydrogens (tertiary/aromatic N) is 3. The fourth-order valence-corrected chi connectivity index (χ4v) is 4.11. The average molecular weight is 387 g/mol. The van der Waals surface area contributed by atoms with Crippen molar-refractivity contribution in [3.8, 4) is 0 Å². The number of carbonyl (C=O) groups is 1. The second kappa shape index (κ2) is 6.80. The number of aromatic nitrogens is 2. The van der Waals surface area contributed by atoms with Gasteiger partial charge in [-0.3, -0.25) is 0 Å². The average Bonchev–Trinajstić information content (AvgIpc) is 3.10. The zero-order chi connectivity index (χ0) is 18.2. The lowest BCUT2D eigenvalue weighted by atomic mass is 9.81. The molecule has 2 heterocycles. The van der Waals surface area contributed by atoms with Crippen LogP contribution in [0.4, 0.5) is 10.6 Å². The van der Waals surface area contributed by atoms with Crippen molar-refractivity contribution in [3.63, 3.8) is 0 Å². The van der Waals surface area contributed by atoms with Crippen LogP contribution in [0.25, 0.3) is 0 Å². The Morgan fingerprint density at radius 2 is 2.04 bits per heavy atom. The smallest absolute Gasteiger partial charge is 0.410 e. The first kappa shape index (κ1) is 18.5. The summed E-state index contributed by atoms with van der Waals surface area (Å²) in [5.41, 5.74) is -0.480. The van der Waals surface area contributed by atoms with E-state index in [-0.39, 0.29) is 22.8 Å². The van der Waals surface area contributed by atoms with Gasteiger partial charge in [-0.05, 0) is 45.2 Å². The molecule has 8 heteroatoms. The van der Waals surface area contributed by atoms with Gasteiger partial charge in [0.15, 0.2) is 0 Å². The van der Waals surface area contributed by atoms with Crippen LogP contribution in [0.3, 0.4) is 0 Å². The van der Waals surface area contributed by atoms with E-state index >= 15 is 0 Å². The van der Waals surface area contributed by atoms with Gasteiger partial charge in [0, 0.05) is 18.5 Å². The maximum absolute atomic E-state index is 12.5. The highest BCUT2D eigenvalue weighted by molar-refractivity contribution is 6.33. The number of halogens is 2. The third kappa shape index (κ3) is 4.11. The van der Waals surface area contributed by atoms with Gasteiger partial charge in [0.25, 0.3) is 0 Å². The second-order valence-electron chi connectivity index (χ2n) is 7.96. The summed E-state index contributed by atoms with van der Waals surface area (Å²) in [6.07, 6.45) is 5.69. The molecule has 1 unspecified atom stereocenters. The molecule has 138 valence electrons. The highest BCUT2D eigenvalue weighted by atomic mass is 35.5. The summed E-state index contributed by atoms with van der Waals surface area (Å²) in [6.45, 7) is 6.89. The first-order valence-electron chi connectivity index (χ1n) is 8.61.